The van der Waals surface area contributed by atoms with Crippen molar-refractivity contribution in [3.8, 4) is 5.75 Å². The van der Waals surface area contributed by atoms with Crippen LogP contribution in [0.25, 0.3) is 0 Å². The van der Waals surface area contributed by atoms with Crippen LogP contribution in [0.2, 0.25) is 0 Å². The molecule has 0 saturated carbocycles. The second-order valence-electron chi connectivity index (χ2n) is 7.24. The molecule has 2 aromatic heterocycles. The number of aryl methyl sites for hydroxylation is 1. The Morgan fingerprint density at radius 2 is 1.94 bits per heavy atom. The van der Waals surface area contributed by atoms with Crippen LogP contribution in [0.3, 0.4) is 0 Å². The van der Waals surface area contributed by atoms with E-state index in [-0.39, 0.29) is 17.7 Å². The third-order valence-electron chi connectivity index (χ3n) is 5.21. The van der Waals surface area contributed by atoms with Gasteiger partial charge in [0.05, 0.1) is 24.6 Å². The highest BCUT2D eigenvalue weighted by atomic mass is 16.5. The van der Waals surface area contributed by atoms with Gasteiger partial charge in [-0.1, -0.05) is 0 Å². The predicted octanol–water partition coefficient (Wildman–Crippen LogP) is 2.47. The standard InChI is InChI=1S/C22H22N6O3/c1-14-18(21(29)27-16-3-5-17(31-2)6-4-16)11-25-20(26-14)15-7-10-28(13-15)22(30)19-12-23-8-9-24-19/h3-6,8-9,11-12,15H,7,10,13H2,1-2H3,(H,27,29). The number of rotatable bonds is 5. The summed E-state index contributed by atoms with van der Waals surface area (Å²) >= 11 is 0. The van der Waals surface area contributed by atoms with Gasteiger partial charge in [-0.05, 0) is 37.6 Å². The lowest BCUT2D eigenvalue weighted by Gasteiger charge is -2.16. The van der Waals surface area contributed by atoms with Gasteiger partial charge < -0.3 is 15.0 Å². The van der Waals surface area contributed by atoms with Crippen LogP contribution in [0.15, 0.2) is 49.1 Å². The maximum absolute atomic E-state index is 12.6. The van der Waals surface area contributed by atoms with Gasteiger partial charge in [0, 0.05) is 43.3 Å². The monoisotopic (exact) mass is 418 g/mol. The zero-order valence-corrected chi connectivity index (χ0v) is 17.3. The number of benzene rings is 1. The highest BCUT2D eigenvalue weighted by Gasteiger charge is 2.30. The largest absolute Gasteiger partial charge is 0.497 e. The first kappa shape index (κ1) is 20.4. The van der Waals surface area contributed by atoms with Gasteiger partial charge in [-0.25, -0.2) is 15.0 Å². The summed E-state index contributed by atoms with van der Waals surface area (Å²) in [7, 11) is 1.59. The van der Waals surface area contributed by atoms with Crippen molar-refractivity contribution in [3.63, 3.8) is 0 Å². The third-order valence-corrected chi connectivity index (χ3v) is 5.21. The molecule has 158 valence electrons. The smallest absolute Gasteiger partial charge is 0.274 e. The summed E-state index contributed by atoms with van der Waals surface area (Å²) in [6.45, 7) is 2.89. The van der Waals surface area contributed by atoms with Crippen molar-refractivity contribution in [3.05, 3.63) is 71.8 Å². The second kappa shape index (κ2) is 8.86. The van der Waals surface area contributed by atoms with E-state index in [4.69, 9.17) is 4.74 Å². The highest BCUT2D eigenvalue weighted by Crippen LogP contribution is 2.26. The lowest BCUT2D eigenvalue weighted by atomic mass is 10.1. The maximum Gasteiger partial charge on any atom is 0.274 e. The lowest BCUT2D eigenvalue weighted by Crippen LogP contribution is -2.29. The number of hydrogen-bond acceptors (Lipinski definition) is 7. The Morgan fingerprint density at radius 3 is 2.61 bits per heavy atom. The van der Waals surface area contributed by atoms with Gasteiger partial charge in [-0.3, -0.25) is 14.6 Å². The number of amides is 2. The molecule has 1 N–H and O–H groups in total. The van der Waals surface area contributed by atoms with Crippen LogP contribution in [0, 0.1) is 6.92 Å². The van der Waals surface area contributed by atoms with E-state index in [1.165, 1.54) is 18.6 Å². The number of nitrogens with one attached hydrogen (secondary N) is 1. The SMILES string of the molecule is COc1ccc(NC(=O)c2cnc(C3CCN(C(=O)c4cnccn4)C3)nc2C)cc1. The normalized spacial score (nSPS) is 15.5. The predicted molar refractivity (Wildman–Crippen MR) is 113 cm³/mol. The minimum atomic E-state index is -0.278. The van der Waals surface area contributed by atoms with Crippen molar-refractivity contribution in [1.82, 2.24) is 24.8 Å². The molecule has 1 aliphatic heterocycles. The van der Waals surface area contributed by atoms with Gasteiger partial charge >= 0.3 is 0 Å². The Bertz CT molecular complexity index is 1090. The molecule has 1 aliphatic rings. The molecule has 31 heavy (non-hydrogen) atoms. The van der Waals surface area contributed by atoms with Gasteiger partial charge in [0.25, 0.3) is 11.8 Å². The fourth-order valence-electron chi connectivity index (χ4n) is 3.50. The zero-order chi connectivity index (χ0) is 21.8. The lowest BCUT2D eigenvalue weighted by molar-refractivity contribution is 0.0784. The minimum Gasteiger partial charge on any atom is -0.497 e. The average molecular weight is 418 g/mol. The Labute approximate surface area is 179 Å². The van der Waals surface area contributed by atoms with Crippen LogP contribution in [0.1, 0.15) is 44.7 Å². The number of nitrogens with zero attached hydrogens (tertiary/aromatic N) is 5. The zero-order valence-electron chi connectivity index (χ0n) is 17.3. The summed E-state index contributed by atoms with van der Waals surface area (Å²) in [6.07, 6.45) is 6.80. The number of carbonyl (C=O) groups is 2. The van der Waals surface area contributed by atoms with Crippen molar-refractivity contribution in [2.24, 2.45) is 0 Å². The molecule has 3 heterocycles. The van der Waals surface area contributed by atoms with Crippen LogP contribution in [0.4, 0.5) is 5.69 Å². The molecule has 9 nitrogen and oxygen atoms in total. The van der Waals surface area contributed by atoms with E-state index >= 15 is 0 Å². The van der Waals surface area contributed by atoms with E-state index in [0.717, 1.165) is 6.42 Å². The molecular weight excluding hydrogens is 396 g/mol. The number of hydrogen-bond donors (Lipinski definition) is 1. The molecule has 1 atom stereocenters. The van der Waals surface area contributed by atoms with Gasteiger partial charge in [0.15, 0.2) is 0 Å². The first-order valence-electron chi connectivity index (χ1n) is 9.89. The number of likely N-dealkylation sites (tertiary alicyclic amines) is 1. The summed E-state index contributed by atoms with van der Waals surface area (Å²) in [5, 5.41) is 2.84. The van der Waals surface area contributed by atoms with Crippen molar-refractivity contribution >= 4 is 17.5 Å². The van der Waals surface area contributed by atoms with Crippen LogP contribution >= 0.6 is 0 Å². The fourth-order valence-corrected chi connectivity index (χ4v) is 3.50. The van der Waals surface area contributed by atoms with E-state index in [0.29, 0.717) is 47.3 Å². The maximum atomic E-state index is 12.6. The minimum absolute atomic E-state index is 0.0121. The molecule has 1 unspecified atom stereocenters. The van der Waals surface area contributed by atoms with E-state index in [9.17, 15) is 9.59 Å². The fraction of sp³-hybridized carbons (Fsp3) is 0.273. The van der Waals surface area contributed by atoms with E-state index in [1.54, 1.807) is 49.4 Å². The van der Waals surface area contributed by atoms with E-state index in [1.807, 2.05) is 0 Å². The molecular formula is C22H22N6O3. The summed E-state index contributed by atoms with van der Waals surface area (Å²) in [5.74, 6) is 0.930. The highest BCUT2D eigenvalue weighted by molar-refractivity contribution is 6.04. The second-order valence-corrected chi connectivity index (χ2v) is 7.24. The number of carbonyl (C=O) groups excluding carboxylic acids is 2. The van der Waals surface area contributed by atoms with Crippen LogP contribution < -0.4 is 10.1 Å². The number of anilines is 1. The molecule has 1 aromatic carbocycles. The summed E-state index contributed by atoms with van der Waals surface area (Å²) < 4.78 is 5.12. The first-order chi connectivity index (χ1) is 15.0. The van der Waals surface area contributed by atoms with Crippen LogP contribution in [-0.2, 0) is 0 Å². The summed E-state index contributed by atoms with van der Waals surface area (Å²) in [5.41, 5.74) is 1.98. The molecule has 0 radical (unpaired) electrons. The Hall–Kier alpha value is -3.88. The summed E-state index contributed by atoms with van der Waals surface area (Å²) in [4.78, 5) is 43.9. The Morgan fingerprint density at radius 1 is 1.13 bits per heavy atom. The van der Waals surface area contributed by atoms with Gasteiger partial charge in [0.1, 0.15) is 17.3 Å². The average Bonchev–Trinajstić information content (AvgIpc) is 3.30. The van der Waals surface area contributed by atoms with Crippen molar-refractivity contribution in [2.45, 2.75) is 19.3 Å². The number of ether oxygens (including phenoxy) is 1. The van der Waals surface area contributed by atoms with Gasteiger partial charge in [-0.15, -0.1) is 0 Å². The van der Waals surface area contributed by atoms with Crippen LogP contribution in [0.5, 0.6) is 5.75 Å². The topological polar surface area (TPSA) is 110 Å². The molecule has 0 bridgehead atoms. The Kier molecular flexibility index (Phi) is 5.83. The first-order valence-corrected chi connectivity index (χ1v) is 9.89. The molecule has 9 heteroatoms. The van der Waals surface area contributed by atoms with Crippen molar-refractivity contribution in [2.75, 3.05) is 25.5 Å². The molecule has 2 amide bonds. The van der Waals surface area contributed by atoms with Gasteiger partial charge in [0.2, 0.25) is 0 Å². The van der Waals surface area contributed by atoms with Crippen LogP contribution in [-0.4, -0.2) is 56.8 Å². The molecule has 0 spiro atoms. The molecule has 1 saturated heterocycles. The summed E-state index contributed by atoms with van der Waals surface area (Å²) in [6, 6.07) is 7.08. The number of methoxy groups -OCH3 is 1. The Balaban J connectivity index is 1.42. The van der Waals surface area contributed by atoms with Crippen molar-refractivity contribution < 1.29 is 14.3 Å². The molecule has 3 aromatic rings. The van der Waals surface area contributed by atoms with Gasteiger partial charge in [-0.2, -0.15) is 0 Å². The number of aromatic nitrogens is 4. The quantitative estimate of drug-likeness (QED) is 0.678. The molecule has 0 aliphatic carbocycles. The van der Waals surface area contributed by atoms with E-state index < -0.39 is 0 Å². The molecule has 1 fully saturated rings. The third kappa shape index (κ3) is 4.50. The van der Waals surface area contributed by atoms with E-state index in [2.05, 4.69) is 25.3 Å². The van der Waals surface area contributed by atoms with Crippen molar-refractivity contribution in [1.29, 1.82) is 0 Å². The molecule has 4 rings (SSSR count).